The summed E-state index contributed by atoms with van der Waals surface area (Å²) in [6.45, 7) is 0.601. The molecule has 0 heterocycles. The normalized spacial score (nSPS) is 10.4. The summed E-state index contributed by atoms with van der Waals surface area (Å²) in [6.07, 6.45) is 0.476. The Morgan fingerprint density at radius 1 is 1.31 bits per heavy atom. The van der Waals surface area contributed by atoms with Crippen LogP contribution in [0.15, 0.2) is 18.2 Å². The van der Waals surface area contributed by atoms with Crippen LogP contribution < -0.4 is 5.32 Å². The minimum Gasteiger partial charge on any atom is -0.308 e. The Balaban J connectivity index is 2.59. The standard InChI is InChI=1S/C9H11F2NS/c10-8-1-2-9(11)7(5-8)3-4-12-6-13/h1-2,5,12-13H,3-4,6H2. The Morgan fingerprint density at radius 3 is 2.77 bits per heavy atom. The van der Waals surface area contributed by atoms with Gasteiger partial charge in [0.2, 0.25) is 0 Å². The first-order chi connectivity index (χ1) is 6.24. The van der Waals surface area contributed by atoms with Crippen LogP contribution in [0.3, 0.4) is 0 Å². The highest BCUT2D eigenvalue weighted by atomic mass is 32.1. The molecule has 0 aliphatic heterocycles. The van der Waals surface area contributed by atoms with E-state index >= 15 is 0 Å². The smallest absolute Gasteiger partial charge is 0.126 e. The number of rotatable bonds is 4. The molecule has 0 aromatic heterocycles. The molecular weight excluding hydrogens is 192 g/mol. The van der Waals surface area contributed by atoms with Crippen molar-refractivity contribution in [1.82, 2.24) is 5.32 Å². The van der Waals surface area contributed by atoms with E-state index < -0.39 is 5.82 Å². The summed E-state index contributed by atoms with van der Waals surface area (Å²) in [7, 11) is 0. The first kappa shape index (κ1) is 10.5. The van der Waals surface area contributed by atoms with Crippen LogP contribution in [0.2, 0.25) is 0 Å². The first-order valence-electron chi connectivity index (χ1n) is 3.99. The van der Waals surface area contributed by atoms with Gasteiger partial charge < -0.3 is 5.32 Å². The number of hydrogen-bond donors (Lipinski definition) is 2. The monoisotopic (exact) mass is 203 g/mol. The predicted molar refractivity (Wildman–Crippen MR) is 51.9 cm³/mol. The SMILES string of the molecule is Fc1ccc(F)c(CCNCS)c1. The second-order valence-electron chi connectivity index (χ2n) is 2.64. The summed E-state index contributed by atoms with van der Waals surface area (Å²) in [4.78, 5) is 0. The van der Waals surface area contributed by atoms with Crippen LogP contribution in [-0.4, -0.2) is 12.4 Å². The summed E-state index contributed by atoms with van der Waals surface area (Å²) in [5.74, 6) is -0.221. The second kappa shape index (κ2) is 5.19. The molecule has 72 valence electrons. The lowest BCUT2D eigenvalue weighted by Crippen LogP contribution is -2.15. The highest BCUT2D eigenvalue weighted by molar-refractivity contribution is 7.80. The van der Waals surface area contributed by atoms with Crippen LogP contribution in [0, 0.1) is 11.6 Å². The molecule has 0 radical (unpaired) electrons. The topological polar surface area (TPSA) is 12.0 Å². The van der Waals surface area contributed by atoms with E-state index in [1.807, 2.05) is 0 Å². The quantitative estimate of drug-likeness (QED) is 0.433. The molecule has 0 unspecified atom stereocenters. The minimum absolute atomic E-state index is 0.359. The molecule has 0 amide bonds. The summed E-state index contributed by atoms with van der Waals surface area (Å²) < 4.78 is 25.6. The van der Waals surface area contributed by atoms with E-state index in [0.29, 0.717) is 24.4 Å². The van der Waals surface area contributed by atoms with Crippen molar-refractivity contribution < 1.29 is 8.78 Å². The number of nitrogens with one attached hydrogen (secondary N) is 1. The van der Waals surface area contributed by atoms with Crippen molar-refractivity contribution >= 4 is 12.6 Å². The number of benzene rings is 1. The molecule has 0 fully saturated rings. The van der Waals surface area contributed by atoms with Crippen molar-refractivity contribution in [1.29, 1.82) is 0 Å². The molecule has 4 heteroatoms. The van der Waals surface area contributed by atoms with Crippen LogP contribution in [-0.2, 0) is 6.42 Å². The molecule has 1 N–H and O–H groups in total. The van der Waals surface area contributed by atoms with E-state index in [0.717, 1.165) is 12.1 Å². The molecule has 0 spiro atoms. The van der Waals surface area contributed by atoms with Crippen molar-refractivity contribution in [2.75, 3.05) is 12.4 Å². The molecule has 13 heavy (non-hydrogen) atoms. The summed E-state index contributed by atoms with van der Waals surface area (Å²) >= 11 is 3.93. The maximum absolute atomic E-state index is 13.0. The summed E-state index contributed by atoms with van der Waals surface area (Å²) in [6, 6.07) is 3.48. The van der Waals surface area contributed by atoms with Gasteiger partial charge in [0.15, 0.2) is 0 Å². The zero-order valence-corrected chi connectivity index (χ0v) is 7.95. The highest BCUT2D eigenvalue weighted by Crippen LogP contribution is 2.09. The third kappa shape index (κ3) is 3.32. The predicted octanol–water partition coefficient (Wildman–Crippen LogP) is 1.98. The number of thiol groups is 1. The van der Waals surface area contributed by atoms with Gasteiger partial charge in [-0.2, -0.15) is 12.6 Å². The van der Waals surface area contributed by atoms with Crippen molar-refractivity contribution in [3.8, 4) is 0 Å². The molecule has 1 aromatic rings. The Morgan fingerprint density at radius 2 is 2.08 bits per heavy atom. The van der Waals surface area contributed by atoms with Gasteiger partial charge >= 0.3 is 0 Å². The average Bonchev–Trinajstić information content (AvgIpc) is 2.11. The molecule has 1 aromatic carbocycles. The average molecular weight is 203 g/mol. The second-order valence-corrected chi connectivity index (χ2v) is 2.96. The van der Waals surface area contributed by atoms with E-state index in [2.05, 4.69) is 17.9 Å². The van der Waals surface area contributed by atoms with Crippen molar-refractivity contribution in [2.24, 2.45) is 0 Å². The molecule has 0 aliphatic rings. The lowest BCUT2D eigenvalue weighted by atomic mass is 10.1. The van der Waals surface area contributed by atoms with Crippen LogP contribution in [0.5, 0.6) is 0 Å². The highest BCUT2D eigenvalue weighted by Gasteiger charge is 2.02. The largest absolute Gasteiger partial charge is 0.308 e. The minimum atomic E-state index is -0.401. The van der Waals surface area contributed by atoms with Gasteiger partial charge in [0.25, 0.3) is 0 Å². The maximum Gasteiger partial charge on any atom is 0.126 e. The zero-order valence-electron chi connectivity index (χ0n) is 7.06. The zero-order chi connectivity index (χ0) is 9.68. The fraction of sp³-hybridized carbons (Fsp3) is 0.333. The third-order valence-corrected chi connectivity index (χ3v) is 1.91. The Labute approximate surface area is 81.6 Å². The van der Waals surface area contributed by atoms with E-state index in [4.69, 9.17) is 0 Å². The molecular formula is C9H11F2NS. The molecule has 0 aliphatic carbocycles. The Hall–Kier alpha value is -0.610. The van der Waals surface area contributed by atoms with Crippen molar-refractivity contribution in [3.05, 3.63) is 35.4 Å². The third-order valence-electron chi connectivity index (χ3n) is 1.69. The van der Waals surface area contributed by atoms with E-state index in [1.54, 1.807) is 0 Å². The van der Waals surface area contributed by atoms with Gasteiger partial charge in [-0.05, 0) is 30.2 Å². The molecule has 0 saturated carbocycles. The van der Waals surface area contributed by atoms with Crippen LogP contribution in [0.1, 0.15) is 5.56 Å². The van der Waals surface area contributed by atoms with Crippen LogP contribution in [0.25, 0.3) is 0 Å². The van der Waals surface area contributed by atoms with Crippen molar-refractivity contribution in [3.63, 3.8) is 0 Å². The Kier molecular flexibility index (Phi) is 4.18. The lowest BCUT2D eigenvalue weighted by molar-refractivity contribution is 0.581. The summed E-state index contributed by atoms with van der Waals surface area (Å²) in [5.41, 5.74) is 0.397. The molecule has 0 saturated heterocycles. The fourth-order valence-electron chi connectivity index (χ4n) is 1.04. The maximum atomic E-state index is 13.0. The molecule has 0 bridgehead atoms. The van der Waals surface area contributed by atoms with Crippen molar-refractivity contribution in [2.45, 2.75) is 6.42 Å². The van der Waals surface area contributed by atoms with Gasteiger partial charge in [0.1, 0.15) is 11.6 Å². The first-order valence-corrected chi connectivity index (χ1v) is 4.63. The van der Waals surface area contributed by atoms with Crippen LogP contribution >= 0.6 is 12.6 Å². The van der Waals surface area contributed by atoms with Gasteiger partial charge in [-0.15, -0.1) is 0 Å². The number of hydrogen-bond acceptors (Lipinski definition) is 2. The molecule has 1 rings (SSSR count). The fourth-order valence-corrected chi connectivity index (χ4v) is 1.20. The van der Waals surface area contributed by atoms with Gasteiger partial charge in [-0.3, -0.25) is 0 Å². The van der Waals surface area contributed by atoms with E-state index in [-0.39, 0.29) is 5.82 Å². The van der Waals surface area contributed by atoms with E-state index in [1.165, 1.54) is 6.07 Å². The van der Waals surface area contributed by atoms with E-state index in [9.17, 15) is 8.78 Å². The van der Waals surface area contributed by atoms with Crippen LogP contribution in [0.4, 0.5) is 8.78 Å². The van der Waals surface area contributed by atoms with Gasteiger partial charge in [0, 0.05) is 12.4 Å². The lowest BCUT2D eigenvalue weighted by Gasteiger charge is -2.03. The van der Waals surface area contributed by atoms with Gasteiger partial charge in [0.05, 0.1) is 0 Å². The van der Waals surface area contributed by atoms with Gasteiger partial charge in [-0.25, -0.2) is 8.78 Å². The summed E-state index contributed by atoms with van der Waals surface area (Å²) in [5, 5.41) is 2.92. The Bertz CT molecular complexity index is 278. The molecule has 1 nitrogen and oxygen atoms in total. The number of halogens is 2. The van der Waals surface area contributed by atoms with Gasteiger partial charge in [-0.1, -0.05) is 0 Å². The molecule has 0 atom stereocenters.